The Labute approximate surface area is 150 Å². The Morgan fingerprint density at radius 1 is 1.04 bits per heavy atom. The molecule has 0 amide bonds. The number of hydrogen-bond acceptors (Lipinski definition) is 4. The lowest BCUT2D eigenvalue weighted by Crippen LogP contribution is -2.04. The van der Waals surface area contributed by atoms with E-state index in [0.29, 0.717) is 23.7 Å². The van der Waals surface area contributed by atoms with E-state index in [-0.39, 0.29) is 0 Å². The van der Waals surface area contributed by atoms with Gasteiger partial charge in [-0.3, -0.25) is 4.57 Å². The van der Waals surface area contributed by atoms with Gasteiger partial charge in [0.1, 0.15) is 0 Å². The Kier molecular flexibility index (Phi) is 5.52. The van der Waals surface area contributed by atoms with Crippen molar-refractivity contribution in [1.82, 2.24) is 14.8 Å². The number of thioether (sulfide) groups is 1. The highest BCUT2D eigenvalue weighted by Crippen LogP contribution is 2.30. The zero-order valence-corrected chi connectivity index (χ0v) is 14.5. The number of nitrogens with zero attached hydrogens (tertiary/aromatic N) is 4. The molecule has 0 saturated heterocycles. The van der Waals surface area contributed by atoms with Crippen LogP contribution in [0.4, 0.5) is 0 Å². The zero-order chi connectivity index (χ0) is 16.8. The van der Waals surface area contributed by atoms with Crippen molar-refractivity contribution in [2.24, 2.45) is 0 Å². The van der Waals surface area contributed by atoms with Crippen molar-refractivity contribution in [3.8, 4) is 17.5 Å². The maximum atomic E-state index is 8.74. The third kappa shape index (κ3) is 3.78. The van der Waals surface area contributed by atoms with Gasteiger partial charge in [0.05, 0.1) is 17.6 Å². The van der Waals surface area contributed by atoms with Crippen molar-refractivity contribution in [3.05, 3.63) is 65.2 Å². The summed E-state index contributed by atoms with van der Waals surface area (Å²) in [7, 11) is 0. The standard InChI is InChI=1S/C18H15ClN4S/c19-16-10-5-4-9-15(16)17-21-22-18(24-12-6-11-20)23(17)13-14-7-2-1-3-8-14/h1-5,7-10H,6,12-13H2. The number of halogens is 1. The van der Waals surface area contributed by atoms with Crippen molar-refractivity contribution in [1.29, 1.82) is 5.26 Å². The van der Waals surface area contributed by atoms with Gasteiger partial charge >= 0.3 is 0 Å². The van der Waals surface area contributed by atoms with Crippen LogP contribution >= 0.6 is 23.4 Å². The van der Waals surface area contributed by atoms with E-state index in [2.05, 4.69) is 33.0 Å². The quantitative estimate of drug-likeness (QED) is 0.477. The smallest absolute Gasteiger partial charge is 0.191 e. The minimum absolute atomic E-state index is 0.476. The number of rotatable bonds is 6. The first-order chi connectivity index (χ1) is 11.8. The summed E-state index contributed by atoms with van der Waals surface area (Å²) in [6, 6.07) is 19.9. The second-order valence-corrected chi connectivity index (χ2v) is 6.58. The lowest BCUT2D eigenvalue weighted by Gasteiger charge is -2.11. The number of hydrogen-bond donors (Lipinski definition) is 0. The van der Waals surface area contributed by atoms with Crippen molar-refractivity contribution < 1.29 is 0 Å². The Morgan fingerprint density at radius 3 is 2.54 bits per heavy atom. The maximum Gasteiger partial charge on any atom is 0.191 e. The summed E-state index contributed by atoms with van der Waals surface area (Å²) < 4.78 is 2.05. The van der Waals surface area contributed by atoms with E-state index >= 15 is 0 Å². The minimum Gasteiger partial charge on any atom is -0.298 e. The third-order valence-electron chi connectivity index (χ3n) is 3.46. The average Bonchev–Trinajstić information content (AvgIpc) is 2.99. The number of benzene rings is 2. The molecule has 120 valence electrons. The predicted molar refractivity (Wildman–Crippen MR) is 97.0 cm³/mol. The molecule has 6 heteroatoms. The molecular weight excluding hydrogens is 340 g/mol. The molecule has 24 heavy (non-hydrogen) atoms. The highest BCUT2D eigenvalue weighted by molar-refractivity contribution is 7.99. The highest BCUT2D eigenvalue weighted by atomic mass is 35.5. The average molecular weight is 355 g/mol. The molecule has 0 saturated carbocycles. The van der Waals surface area contributed by atoms with Crippen LogP contribution in [-0.2, 0) is 6.54 Å². The van der Waals surface area contributed by atoms with Crippen LogP contribution in [0, 0.1) is 11.3 Å². The Morgan fingerprint density at radius 2 is 1.79 bits per heavy atom. The van der Waals surface area contributed by atoms with Crippen molar-refractivity contribution in [2.45, 2.75) is 18.1 Å². The largest absolute Gasteiger partial charge is 0.298 e. The molecule has 0 atom stereocenters. The van der Waals surface area contributed by atoms with Crippen LogP contribution < -0.4 is 0 Å². The van der Waals surface area contributed by atoms with Gasteiger partial charge in [0.15, 0.2) is 11.0 Å². The van der Waals surface area contributed by atoms with E-state index in [1.807, 2.05) is 42.5 Å². The summed E-state index contributed by atoms with van der Waals surface area (Å²) >= 11 is 7.87. The summed E-state index contributed by atoms with van der Waals surface area (Å²) in [5.41, 5.74) is 2.02. The fourth-order valence-corrected chi connectivity index (χ4v) is 3.34. The molecule has 0 aliphatic heterocycles. The predicted octanol–water partition coefficient (Wildman–Crippen LogP) is 4.65. The molecule has 0 fully saturated rings. The van der Waals surface area contributed by atoms with Gasteiger partial charge in [-0.05, 0) is 17.7 Å². The normalized spacial score (nSPS) is 10.5. The van der Waals surface area contributed by atoms with Gasteiger partial charge in [-0.2, -0.15) is 5.26 Å². The monoisotopic (exact) mass is 354 g/mol. The molecule has 4 nitrogen and oxygen atoms in total. The van der Waals surface area contributed by atoms with Crippen LogP contribution in [0.1, 0.15) is 12.0 Å². The molecule has 0 N–H and O–H groups in total. The summed E-state index contributed by atoms with van der Waals surface area (Å²) in [5.74, 6) is 1.43. The Bertz CT molecular complexity index is 855. The second-order valence-electron chi connectivity index (χ2n) is 5.11. The van der Waals surface area contributed by atoms with E-state index in [1.54, 1.807) is 0 Å². The molecule has 3 rings (SSSR count). The van der Waals surface area contributed by atoms with Gasteiger partial charge in [-0.15, -0.1) is 10.2 Å². The zero-order valence-electron chi connectivity index (χ0n) is 12.9. The van der Waals surface area contributed by atoms with E-state index in [4.69, 9.17) is 16.9 Å². The molecule has 1 aromatic heterocycles. The fourth-order valence-electron chi connectivity index (χ4n) is 2.33. The summed E-state index contributed by atoms with van der Waals surface area (Å²) in [4.78, 5) is 0. The van der Waals surface area contributed by atoms with Crippen molar-refractivity contribution in [3.63, 3.8) is 0 Å². The molecule has 0 unspecified atom stereocenters. The minimum atomic E-state index is 0.476. The lowest BCUT2D eigenvalue weighted by atomic mass is 10.2. The molecule has 0 bridgehead atoms. The Balaban J connectivity index is 1.99. The van der Waals surface area contributed by atoms with Crippen LogP contribution in [0.2, 0.25) is 5.02 Å². The highest BCUT2D eigenvalue weighted by Gasteiger charge is 2.16. The first kappa shape index (κ1) is 16.6. The van der Waals surface area contributed by atoms with Gasteiger partial charge in [-0.25, -0.2) is 0 Å². The molecular formula is C18H15ClN4S. The van der Waals surface area contributed by atoms with Crippen LogP contribution in [-0.4, -0.2) is 20.5 Å². The molecule has 0 aliphatic carbocycles. The molecule has 0 radical (unpaired) electrons. The Hall–Kier alpha value is -2.29. The van der Waals surface area contributed by atoms with Gasteiger partial charge in [0.25, 0.3) is 0 Å². The van der Waals surface area contributed by atoms with Crippen LogP contribution in [0.15, 0.2) is 59.8 Å². The molecule has 0 spiro atoms. The van der Waals surface area contributed by atoms with E-state index in [1.165, 1.54) is 11.8 Å². The third-order valence-corrected chi connectivity index (χ3v) is 4.76. The number of nitriles is 1. The van der Waals surface area contributed by atoms with Crippen molar-refractivity contribution >= 4 is 23.4 Å². The second kappa shape index (κ2) is 8.00. The van der Waals surface area contributed by atoms with E-state index < -0.39 is 0 Å². The summed E-state index contributed by atoms with van der Waals surface area (Å²) in [6.07, 6.45) is 0.476. The molecule has 2 aromatic carbocycles. The van der Waals surface area contributed by atoms with Crippen LogP contribution in [0.3, 0.4) is 0 Å². The van der Waals surface area contributed by atoms with E-state index in [9.17, 15) is 0 Å². The van der Waals surface area contributed by atoms with Gasteiger partial charge < -0.3 is 0 Å². The molecule has 0 aliphatic rings. The van der Waals surface area contributed by atoms with Crippen molar-refractivity contribution in [2.75, 3.05) is 5.75 Å². The van der Waals surface area contributed by atoms with Crippen LogP contribution in [0.5, 0.6) is 0 Å². The summed E-state index contributed by atoms with van der Waals surface area (Å²) in [6.45, 7) is 0.656. The van der Waals surface area contributed by atoms with Gasteiger partial charge in [0, 0.05) is 17.7 Å². The van der Waals surface area contributed by atoms with Crippen LogP contribution in [0.25, 0.3) is 11.4 Å². The topological polar surface area (TPSA) is 54.5 Å². The van der Waals surface area contributed by atoms with E-state index in [0.717, 1.165) is 22.1 Å². The molecule has 3 aromatic rings. The lowest BCUT2D eigenvalue weighted by molar-refractivity contribution is 0.714. The first-order valence-corrected chi connectivity index (χ1v) is 8.87. The SMILES string of the molecule is N#CCCSc1nnc(-c2ccccc2Cl)n1Cc1ccccc1. The number of aromatic nitrogens is 3. The van der Waals surface area contributed by atoms with Gasteiger partial charge in [-0.1, -0.05) is 65.8 Å². The molecule has 1 heterocycles. The summed E-state index contributed by atoms with van der Waals surface area (Å²) in [5, 5.41) is 18.8. The first-order valence-electron chi connectivity index (χ1n) is 7.51. The van der Waals surface area contributed by atoms with Gasteiger partial charge in [0.2, 0.25) is 0 Å². The maximum absolute atomic E-state index is 8.74. The fraction of sp³-hybridized carbons (Fsp3) is 0.167.